The Morgan fingerprint density at radius 3 is 2.63 bits per heavy atom. The molecule has 2 aliphatic carbocycles. The van der Waals surface area contributed by atoms with Crippen molar-refractivity contribution >= 4 is 21.6 Å². The number of anilines is 1. The normalized spacial score (nSPS) is 24.5. The first-order chi connectivity index (χ1) is 9.23. The van der Waals surface area contributed by atoms with Gasteiger partial charge in [-0.2, -0.15) is 5.26 Å². The SMILES string of the molecule is N#Cc1ccc(Br)cc1NC1CCC12CCCCC2. The average Bonchev–Trinajstić information content (AvgIpc) is 2.45. The predicted molar refractivity (Wildman–Crippen MR) is 81.0 cm³/mol. The summed E-state index contributed by atoms with van der Waals surface area (Å²) < 4.78 is 1.03. The van der Waals surface area contributed by atoms with Crippen molar-refractivity contribution in [1.82, 2.24) is 0 Å². The minimum absolute atomic E-state index is 0.521. The zero-order valence-corrected chi connectivity index (χ0v) is 12.7. The first kappa shape index (κ1) is 13.0. The van der Waals surface area contributed by atoms with E-state index < -0.39 is 0 Å². The molecule has 1 aromatic rings. The van der Waals surface area contributed by atoms with Crippen molar-refractivity contribution in [3.05, 3.63) is 28.2 Å². The van der Waals surface area contributed by atoms with E-state index in [2.05, 4.69) is 27.3 Å². The molecular formula is C16H19BrN2. The Morgan fingerprint density at radius 2 is 2.00 bits per heavy atom. The molecule has 1 aromatic carbocycles. The molecule has 2 aliphatic rings. The summed E-state index contributed by atoms with van der Waals surface area (Å²) in [4.78, 5) is 0. The predicted octanol–water partition coefficient (Wildman–Crippen LogP) is 4.85. The Balaban J connectivity index is 1.78. The zero-order chi connectivity index (χ0) is 13.3. The fourth-order valence-electron chi connectivity index (χ4n) is 3.70. The third-order valence-corrected chi connectivity index (χ3v) is 5.44. The molecule has 19 heavy (non-hydrogen) atoms. The van der Waals surface area contributed by atoms with E-state index in [0.29, 0.717) is 11.5 Å². The number of rotatable bonds is 2. The van der Waals surface area contributed by atoms with Gasteiger partial charge in [0.2, 0.25) is 0 Å². The second kappa shape index (κ2) is 5.17. The van der Waals surface area contributed by atoms with Gasteiger partial charge in [0.15, 0.2) is 0 Å². The van der Waals surface area contributed by atoms with Gasteiger partial charge in [-0.1, -0.05) is 35.2 Å². The van der Waals surface area contributed by atoms with Gasteiger partial charge in [-0.15, -0.1) is 0 Å². The van der Waals surface area contributed by atoms with Crippen LogP contribution in [0.3, 0.4) is 0 Å². The first-order valence-corrected chi connectivity index (χ1v) is 7.99. The second-order valence-electron chi connectivity index (χ2n) is 5.96. The standard InChI is InChI=1S/C16H19BrN2/c17-13-5-4-12(11-18)14(10-13)19-15-6-9-16(15)7-2-1-3-8-16/h4-5,10,15,19H,1-3,6-9H2. The Bertz CT molecular complexity index is 512. The largest absolute Gasteiger partial charge is 0.381 e. The highest BCUT2D eigenvalue weighted by molar-refractivity contribution is 9.10. The molecule has 0 aromatic heterocycles. The molecule has 3 heteroatoms. The van der Waals surface area contributed by atoms with Crippen molar-refractivity contribution in [3.8, 4) is 6.07 Å². The number of nitrogens with zero attached hydrogens (tertiary/aromatic N) is 1. The van der Waals surface area contributed by atoms with E-state index in [0.717, 1.165) is 15.7 Å². The zero-order valence-electron chi connectivity index (χ0n) is 11.1. The molecular weight excluding hydrogens is 300 g/mol. The third kappa shape index (κ3) is 2.39. The van der Waals surface area contributed by atoms with Crippen molar-refractivity contribution in [3.63, 3.8) is 0 Å². The van der Waals surface area contributed by atoms with Gasteiger partial charge >= 0.3 is 0 Å². The van der Waals surface area contributed by atoms with Crippen LogP contribution in [0, 0.1) is 16.7 Å². The molecule has 0 radical (unpaired) electrons. The van der Waals surface area contributed by atoms with Crippen LogP contribution in [0.25, 0.3) is 0 Å². The molecule has 0 bridgehead atoms. The van der Waals surface area contributed by atoms with E-state index in [1.807, 2.05) is 18.2 Å². The van der Waals surface area contributed by atoms with Gasteiger partial charge in [0.1, 0.15) is 6.07 Å². The Hall–Kier alpha value is -1.01. The Kier molecular flexibility index (Phi) is 3.54. The van der Waals surface area contributed by atoms with Crippen molar-refractivity contribution in [2.45, 2.75) is 51.0 Å². The van der Waals surface area contributed by atoms with Crippen LogP contribution in [0.1, 0.15) is 50.5 Å². The van der Waals surface area contributed by atoms with Crippen LogP contribution >= 0.6 is 15.9 Å². The number of hydrogen-bond donors (Lipinski definition) is 1. The summed E-state index contributed by atoms with van der Waals surface area (Å²) >= 11 is 3.49. The molecule has 0 aliphatic heterocycles. The number of nitriles is 1. The molecule has 1 spiro atoms. The summed E-state index contributed by atoms with van der Waals surface area (Å²) in [5.41, 5.74) is 2.26. The molecule has 3 rings (SSSR count). The van der Waals surface area contributed by atoms with Crippen molar-refractivity contribution in [1.29, 1.82) is 5.26 Å². The van der Waals surface area contributed by atoms with E-state index in [-0.39, 0.29) is 0 Å². The minimum atomic E-state index is 0.521. The Labute approximate surface area is 123 Å². The fourth-order valence-corrected chi connectivity index (χ4v) is 4.06. The van der Waals surface area contributed by atoms with Crippen LogP contribution in [0.15, 0.2) is 22.7 Å². The highest BCUT2D eigenvalue weighted by Gasteiger charge is 2.46. The van der Waals surface area contributed by atoms with Crippen LogP contribution in [0.4, 0.5) is 5.69 Å². The maximum absolute atomic E-state index is 9.21. The molecule has 2 fully saturated rings. The number of nitrogens with one attached hydrogen (secondary N) is 1. The summed E-state index contributed by atoms with van der Waals surface area (Å²) in [5, 5.41) is 12.9. The third-order valence-electron chi connectivity index (χ3n) is 4.95. The minimum Gasteiger partial charge on any atom is -0.381 e. The van der Waals surface area contributed by atoms with Gasteiger partial charge in [-0.25, -0.2) is 0 Å². The lowest BCUT2D eigenvalue weighted by molar-refractivity contribution is 0.0571. The maximum atomic E-state index is 9.21. The Morgan fingerprint density at radius 1 is 1.21 bits per heavy atom. The van der Waals surface area contributed by atoms with Gasteiger partial charge in [-0.3, -0.25) is 0 Å². The molecule has 1 atom stereocenters. The monoisotopic (exact) mass is 318 g/mol. The van der Waals surface area contributed by atoms with Crippen LogP contribution in [-0.4, -0.2) is 6.04 Å². The maximum Gasteiger partial charge on any atom is 0.101 e. The van der Waals surface area contributed by atoms with Gasteiger partial charge in [0.25, 0.3) is 0 Å². The quantitative estimate of drug-likeness (QED) is 0.846. The summed E-state index contributed by atoms with van der Waals surface area (Å²) in [6.07, 6.45) is 9.48. The lowest BCUT2D eigenvalue weighted by Gasteiger charge is -2.52. The molecule has 2 nitrogen and oxygen atoms in total. The molecule has 0 heterocycles. The van der Waals surface area contributed by atoms with Gasteiger partial charge in [0.05, 0.1) is 11.3 Å². The van der Waals surface area contributed by atoms with Crippen LogP contribution in [0.2, 0.25) is 0 Å². The molecule has 100 valence electrons. The topological polar surface area (TPSA) is 35.8 Å². The van der Waals surface area contributed by atoms with Gasteiger partial charge in [0, 0.05) is 10.5 Å². The molecule has 1 N–H and O–H groups in total. The summed E-state index contributed by atoms with van der Waals surface area (Å²) in [5.74, 6) is 0. The van der Waals surface area contributed by atoms with E-state index in [1.54, 1.807) is 0 Å². The second-order valence-corrected chi connectivity index (χ2v) is 6.88. The van der Waals surface area contributed by atoms with Crippen LogP contribution < -0.4 is 5.32 Å². The molecule has 1 unspecified atom stereocenters. The van der Waals surface area contributed by atoms with Crippen molar-refractivity contribution < 1.29 is 0 Å². The number of benzene rings is 1. The van der Waals surface area contributed by atoms with Crippen molar-refractivity contribution in [2.24, 2.45) is 5.41 Å². The summed E-state index contributed by atoms with van der Waals surface area (Å²) in [6, 6.07) is 8.70. The first-order valence-electron chi connectivity index (χ1n) is 7.20. The summed E-state index contributed by atoms with van der Waals surface area (Å²) in [7, 11) is 0. The lowest BCUT2D eigenvalue weighted by atomic mass is 9.57. The van der Waals surface area contributed by atoms with Crippen LogP contribution in [-0.2, 0) is 0 Å². The van der Waals surface area contributed by atoms with E-state index >= 15 is 0 Å². The van der Waals surface area contributed by atoms with Gasteiger partial charge in [-0.05, 0) is 49.3 Å². The highest BCUT2D eigenvalue weighted by Crippen LogP contribution is 2.52. The number of hydrogen-bond acceptors (Lipinski definition) is 2. The average molecular weight is 319 g/mol. The van der Waals surface area contributed by atoms with Crippen LogP contribution in [0.5, 0.6) is 0 Å². The van der Waals surface area contributed by atoms with Crippen molar-refractivity contribution in [2.75, 3.05) is 5.32 Å². The molecule has 2 saturated carbocycles. The smallest absolute Gasteiger partial charge is 0.101 e. The highest BCUT2D eigenvalue weighted by atomic mass is 79.9. The van der Waals surface area contributed by atoms with E-state index in [1.165, 1.54) is 44.9 Å². The van der Waals surface area contributed by atoms with E-state index in [4.69, 9.17) is 0 Å². The fraction of sp³-hybridized carbons (Fsp3) is 0.562. The summed E-state index contributed by atoms with van der Waals surface area (Å²) in [6.45, 7) is 0. The van der Waals surface area contributed by atoms with E-state index in [9.17, 15) is 5.26 Å². The molecule has 0 saturated heterocycles. The number of halogens is 1. The molecule has 0 amide bonds. The lowest BCUT2D eigenvalue weighted by Crippen LogP contribution is -2.50. The van der Waals surface area contributed by atoms with Gasteiger partial charge < -0.3 is 5.32 Å².